The van der Waals surface area contributed by atoms with Gasteiger partial charge < -0.3 is 31.0 Å². The fraction of sp³-hybridized carbons (Fsp3) is 0.516. The fourth-order valence-corrected chi connectivity index (χ4v) is 5.07. The Morgan fingerprint density at radius 2 is 1.65 bits per heavy atom. The Labute approximate surface area is 237 Å². The molecule has 2 aromatic carbocycles. The lowest BCUT2D eigenvalue weighted by Crippen LogP contribution is -2.46. The highest BCUT2D eigenvalue weighted by Crippen LogP contribution is 2.30. The number of nitrogen functional groups attached to an aromatic ring is 2. The molecule has 1 fully saturated rings. The van der Waals surface area contributed by atoms with E-state index in [-0.39, 0.29) is 30.5 Å². The Bertz CT molecular complexity index is 1300. The van der Waals surface area contributed by atoms with Crippen LogP contribution in [0.15, 0.2) is 42.5 Å². The maximum atomic E-state index is 12.3. The molecule has 0 radical (unpaired) electrons. The molecular formula is C31H43N5O4. The van der Waals surface area contributed by atoms with Gasteiger partial charge in [0.05, 0.1) is 24.1 Å². The molecule has 0 saturated carbocycles. The minimum Gasteiger partial charge on any atom is -0.460 e. The van der Waals surface area contributed by atoms with Crippen molar-refractivity contribution in [2.24, 2.45) is 0 Å². The Morgan fingerprint density at radius 3 is 2.38 bits per heavy atom. The number of aryl methyl sites for hydroxylation is 2. The van der Waals surface area contributed by atoms with Crippen LogP contribution in [0.5, 0.6) is 0 Å². The second-order valence-corrected chi connectivity index (χ2v) is 12.0. The predicted molar refractivity (Wildman–Crippen MR) is 157 cm³/mol. The number of rotatable bonds is 10. The largest absolute Gasteiger partial charge is 0.460 e. The zero-order valence-electron chi connectivity index (χ0n) is 24.3. The summed E-state index contributed by atoms with van der Waals surface area (Å²) < 4.78 is 17.6. The van der Waals surface area contributed by atoms with E-state index < -0.39 is 11.4 Å². The molecular weight excluding hydrogens is 506 g/mol. The summed E-state index contributed by atoms with van der Waals surface area (Å²) >= 11 is 0. The first-order chi connectivity index (χ1) is 18.8. The lowest BCUT2D eigenvalue weighted by molar-refractivity contribution is -0.300. The number of fused-ring (bicyclic) bond motifs is 1. The molecule has 9 nitrogen and oxygen atoms in total. The Morgan fingerprint density at radius 1 is 1.00 bits per heavy atom. The van der Waals surface area contributed by atoms with Crippen molar-refractivity contribution in [1.29, 1.82) is 0 Å². The summed E-state index contributed by atoms with van der Waals surface area (Å²) in [6, 6.07) is 14.8. The van der Waals surface area contributed by atoms with Crippen LogP contribution < -0.4 is 16.8 Å². The topological polar surface area (TPSA) is 135 Å². The van der Waals surface area contributed by atoms with Gasteiger partial charge in [0.1, 0.15) is 11.4 Å². The number of carbonyl (C=O) groups excluding carboxylic acids is 1. The van der Waals surface area contributed by atoms with Crippen molar-refractivity contribution in [1.82, 2.24) is 15.3 Å². The lowest BCUT2D eigenvalue weighted by atomic mass is 10.0. The molecule has 0 amide bonds. The molecule has 1 aliphatic rings. The summed E-state index contributed by atoms with van der Waals surface area (Å²) in [7, 11) is 0. The van der Waals surface area contributed by atoms with E-state index in [9.17, 15) is 4.79 Å². The summed E-state index contributed by atoms with van der Waals surface area (Å²) in [5.41, 5.74) is 15.7. The Balaban J connectivity index is 1.20. The predicted octanol–water partition coefficient (Wildman–Crippen LogP) is 4.70. The van der Waals surface area contributed by atoms with E-state index in [2.05, 4.69) is 45.6 Å². The highest BCUT2D eigenvalue weighted by Gasteiger charge is 2.36. The molecule has 3 aromatic rings. The van der Waals surface area contributed by atoms with Gasteiger partial charge in [-0.25, -0.2) is 4.98 Å². The quantitative estimate of drug-likeness (QED) is 0.243. The van der Waals surface area contributed by atoms with Gasteiger partial charge >= 0.3 is 5.97 Å². The van der Waals surface area contributed by atoms with Crippen LogP contribution in [0.4, 0.5) is 11.8 Å². The van der Waals surface area contributed by atoms with Gasteiger partial charge in [0, 0.05) is 18.4 Å². The number of benzene rings is 2. The molecule has 0 aliphatic carbocycles. The molecule has 0 unspecified atom stereocenters. The summed E-state index contributed by atoms with van der Waals surface area (Å²) in [5, 5.41) is 4.36. The van der Waals surface area contributed by atoms with E-state index in [0.29, 0.717) is 12.2 Å². The van der Waals surface area contributed by atoms with Gasteiger partial charge in [-0.2, -0.15) is 4.98 Å². The third kappa shape index (κ3) is 8.87. The van der Waals surface area contributed by atoms with E-state index >= 15 is 0 Å². The molecule has 1 aromatic heterocycles. The fourth-order valence-electron chi connectivity index (χ4n) is 5.07. The van der Waals surface area contributed by atoms with E-state index in [1.165, 1.54) is 16.7 Å². The number of nitrogens with zero attached hydrogens (tertiary/aromatic N) is 2. The van der Waals surface area contributed by atoms with Gasteiger partial charge in [-0.15, -0.1) is 0 Å². The van der Waals surface area contributed by atoms with Crippen LogP contribution in [0.2, 0.25) is 0 Å². The van der Waals surface area contributed by atoms with Gasteiger partial charge in [0.25, 0.3) is 0 Å². The average Bonchev–Trinajstić information content (AvgIpc) is 2.84. The van der Waals surface area contributed by atoms with Gasteiger partial charge in [-0.3, -0.25) is 4.79 Å². The van der Waals surface area contributed by atoms with E-state index in [1.807, 2.05) is 46.8 Å². The van der Waals surface area contributed by atoms with Crippen LogP contribution >= 0.6 is 0 Å². The van der Waals surface area contributed by atoms with Crippen molar-refractivity contribution >= 4 is 28.6 Å². The van der Waals surface area contributed by atoms with E-state index in [4.69, 9.17) is 25.7 Å². The highest BCUT2D eigenvalue weighted by molar-refractivity contribution is 5.89. The van der Waals surface area contributed by atoms with Crippen molar-refractivity contribution < 1.29 is 19.0 Å². The lowest BCUT2D eigenvalue weighted by Gasteiger charge is -2.41. The first-order valence-corrected chi connectivity index (χ1v) is 14.0. The van der Waals surface area contributed by atoms with Crippen LogP contribution in [0.25, 0.3) is 10.9 Å². The Hall–Kier alpha value is -3.27. The molecule has 2 heterocycles. The van der Waals surface area contributed by atoms with Crippen LogP contribution in [0, 0.1) is 0 Å². The van der Waals surface area contributed by atoms with Crippen LogP contribution in [-0.4, -0.2) is 46.1 Å². The number of aromatic nitrogens is 2. The molecule has 5 N–H and O–H groups in total. The number of hydrogen-bond donors (Lipinski definition) is 3. The van der Waals surface area contributed by atoms with E-state index in [0.717, 1.165) is 43.3 Å². The third-order valence-corrected chi connectivity index (χ3v) is 6.75. The number of hydrogen-bond acceptors (Lipinski definition) is 9. The monoisotopic (exact) mass is 549 g/mol. The molecule has 1 saturated heterocycles. The molecule has 9 heteroatoms. The summed E-state index contributed by atoms with van der Waals surface area (Å²) in [4.78, 5) is 20.6. The minimum atomic E-state index is -0.730. The second-order valence-electron chi connectivity index (χ2n) is 12.0. The van der Waals surface area contributed by atoms with Crippen molar-refractivity contribution in [3.63, 3.8) is 0 Å². The minimum absolute atomic E-state index is 0.0143. The normalized spacial score (nSPS) is 19.0. The van der Waals surface area contributed by atoms with Crippen molar-refractivity contribution in [2.45, 2.75) is 96.9 Å². The molecule has 1 aliphatic heterocycles. The van der Waals surface area contributed by atoms with Crippen LogP contribution in [0.3, 0.4) is 0 Å². The zero-order valence-corrected chi connectivity index (χ0v) is 24.3. The SMILES string of the molecule is CC(C)(C)OC(=O)C[C@H]1C[C@@H](CCNCc2ccc(CCc3ccc4nc(N)nc(N)c4c3)cc2)OC(C)(C)O1. The van der Waals surface area contributed by atoms with Gasteiger partial charge in [0.15, 0.2) is 5.79 Å². The standard InChI is InChI=1S/C31H43N5O4/c1-30(2,3)40-27(37)18-24-17-23(38-31(4,5)39-24)14-15-34-19-22-10-7-20(8-11-22)6-9-21-12-13-26-25(16-21)28(32)36-29(33)35-26/h7-8,10-13,16,23-24,34H,6,9,14-15,17-19H2,1-5H3,(H4,32,33,35,36)/t23-,24-/m1/s1. The zero-order chi connectivity index (χ0) is 28.9. The smallest absolute Gasteiger partial charge is 0.308 e. The summed E-state index contributed by atoms with van der Waals surface area (Å²) in [5.74, 6) is -0.365. The molecule has 2 atom stereocenters. The van der Waals surface area contributed by atoms with Crippen molar-refractivity contribution in [2.75, 3.05) is 18.0 Å². The molecule has 40 heavy (non-hydrogen) atoms. The molecule has 0 spiro atoms. The number of esters is 1. The average molecular weight is 550 g/mol. The van der Waals surface area contributed by atoms with Gasteiger partial charge in [-0.05, 0) is 89.2 Å². The van der Waals surface area contributed by atoms with Crippen molar-refractivity contribution in [3.05, 3.63) is 59.2 Å². The number of nitrogens with one attached hydrogen (secondary N) is 1. The number of anilines is 2. The third-order valence-electron chi connectivity index (χ3n) is 6.75. The highest BCUT2D eigenvalue weighted by atomic mass is 16.7. The molecule has 0 bridgehead atoms. The van der Waals surface area contributed by atoms with Crippen LogP contribution in [-0.2, 0) is 38.4 Å². The van der Waals surface area contributed by atoms with Crippen molar-refractivity contribution in [3.8, 4) is 0 Å². The Kier molecular flexibility index (Phi) is 9.28. The number of nitrogens with two attached hydrogens (primary N) is 2. The maximum absolute atomic E-state index is 12.3. The maximum Gasteiger partial charge on any atom is 0.308 e. The van der Waals surface area contributed by atoms with Gasteiger partial charge in [0.2, 0.25) is 5.95 Å². The first kappa shape index (κ1) is 29.7. The van der Waals surface area contributed by atoms with E-state index in [1.54, 1.807) is 0 Å². The summed E-state index contributed by atoms with van der Waals surface area (Å²) in [6.07, 6.45) is 3.37. The first-order valence-electron chi connectivity index (χ1n) is 14.0. The van der Waals surface area contributed by atoms with Gasteiger partial charge in [-0.1, -0.05) is 30.3 Å². The molecule has 4 rings (SSSR count). The number of carbonyl (C=O) groups is 1. The summed E-state index contributed by atoms with van der Waals surface area (Å²) in [6.45, 7) is 11.0. The number of ether oxygens (including phenoxy) is 3. The second kappa shape index (κ2) is 12.5. The molecule has 216 valence electrons. The van der Waals surface area contributed by atoms with Crippen LogP contribution in [0.1, 0.15) is 70.6 Å².